The lowest BCUT2D eigenvalue weighted by molar-refractivity contribution is -0.145. The lowest BCUT2D eigenvalue weighted by Gasteiger charge is -2.44. The number of carboxylic acids is 1. The monoisotopic (exact) mass is 364 g/mol. The van der Waals surface area contributed by atoms with E-state index >= 15 is 0 Å². The van der Waals surface area contributed by atoms with Crippen molar-refractivity contribution in [3.8, 4) is 5.69 Å². The molecule has 7 nitrogen and oxygen atoms in total. The van der Waals surface area contributed by atoms with E-state index in [9.17, 15) is 14.7 Å². The van der Waals surface area contributed by atoms with E-state index in [0.29, 0.717) is 18.9 Å². The summed E-state index contributed by atoms with van der Waals surface area (Å²) in [5.41, 5.74) is 0.884. The summed E-state index contributed by atoms with van der Waals surface area (Å²) in [4.78, 5) is 30.9. The summed E-state index contributed by atoms with van der Waals surface area (Å²) < 4.78 is 1.76. The highest BCUT2D eigenvalue weighted by molar-refractivity contribution is 5.92. The number of hydrogen-bond acceptors (Lipinski definition) is 4. The Balaban J connectivity index is 1.49. The van der Waals surface area contributed by atoms with Crippen LogP contribution >= 0.6 is 0 Å². The Morgan fingerprint density at radius 3 is 2.56 bits per heavy atom. The zero-order chi connectivity index (χ0) is 18.5. The van der Waals surface area contributed by atoms with Crippen molar-refractivity contribution in [3.63, 3.8) is 0 Å². The molecule has 0 spiro atoms. The predicted molar refractivity (Wildman–Crippen MR) is 96.5 cm³/mol. The van der Waals surface area contributed by atoms with E-state index in [0.717, 1.165) is 24.4 Å². The second-order valence-corrected chi connectivity index (χ2v) is 7.59. The van der Waals surface area contributed by atoms with Crippen molar-refractivity contribution in [2.45, 2.75) is 31.2 Å². The molecule has 3 atom stereocenters. The molecule has 2 fully saturated rings. The molecule has 0 radical (unpaired) electrons. The summed E-state index contributed by atoms with van der Waals surface area (Å²) in [6.45, 7) is 0.530. The molecule has 1 aromatic heterocycles. The van der Waals surface area contributed by atoms with Gasteiger partial charge in [0.1, 0.15) is 5.82 Å². The van der Waals surface area contributed by atoms with E-state index in [2.05, 4.69) is 10.1 Å². The van der Waals surface area contributed by atoms with E-state index in [4.69, 9.17) is 0 Å². The number of rotatable bonds is 4. The molecule has 2 bridgehead atoms. The van der Waals surface area contributed by atoms with Gasteiger partial charge in [-0.15, -0.1) is 5.10 Å². The number of nitrogens with zero attached hydrogens (tertiary/aromatic N) is 4. The van der Waals surface area contributed by atoms with Crippen LogP contribution in [0, 0.1) is 11.8 Å². The van der Waals surface area contributed by atoms with Crippen LogP contribution in [0.2, 0.25) is 0 Å². The van der Waals surface area contributed by atoms with Gasteiger partial charge in [0.25, 0.3) is 5.91 Å². The predicted octanol–water partition coefficient (Wildman–Crippen LogP) is 2.25. The van der Waals surface area contributed by atoms with Gasteiger partial charge in [0.05, 0.1) is 17.6 Å². The van der Waals surface area contributed by atoms with Crippen molar-refractivity contribution in [1.29, 1.82) is 0 Å². The molecule has 2 aliphatic carbocycles. The third-order valence-electron chi connectivity index (χ3n) is 5.69. The summed E-state index contributed by atoms with van der Waals surface area (Å²) >= 11 is 0. The Morgan fingerprint density at radius 2 is 1.89 bits per heavy atom. The van der Waals surface area contributed by atoms with Gasteiger partial charge in [0, 0.05) is 12.5 Å². The average Bonchev–Trinajstić information content (AvgIpc) is 3.46. The normalized spacial score (nSPS) is 26.4. The van der Waals surface area contributed by atoms with Crippen LogP contribution in [-0.4, -0.2) is 49.2 Å². The smallest absolute Gasteiger partial charge is 0.308 e. The number of benzene rings is 1. The van der Waals surface area contributed by atoms with Crippen molar-refractivity contribution < 1.29 is 14.7 Å². The lowest BCUT2D eigenvalue weighted by atomic mass is 9.77. The molecular weight excluding hydrogens is 344 g/mol. The van der Waals surface area contributed by atoms with Gasteiger partial charge in [-0.1, -0.05) is 30.4 Å². The van der Waals surface area contributed by atoms with Crippen LogP contribution in [0.3, 0.4) is 0 Å². The van der Waals surface area contributed by atoms with Crippen LogP contribution < -0.4 is 0 Å². The Hall–Kier alpha value is -2.96. The summed E-state index contributed by atoms with van der Waals surface area (Å²) in [6.07, 6.45) is 6.57. The van der Waals surface area contributed by atoms with Crippen LogP contribution in [0.4, 0.5) is 0 Å². The molecule has 1 saturated heterocycles. The number of amides is 1. The third-order valence-corrected chi connectivity index (χ3v) is 5.69. The molecule has 1 amide bonds. The minimum absolute atomic E-state index is 0.0826. The fraction of sp³-hybridized carbons (Fsp3) is 0.400. The van der Waals surface area contributed by atoms with Crippen LogP contribution in [0.5, 0.6) is 0 Å². The molecule has 138 valence electrons. The zero-order valence-corrected chi connectivity index (χ0v) is 14.7. The molecule has 27 heavy (non-hydrogen) atoms. The van der Waals surface area contributed by atoms with Crippen molar-refractivity contribution in [3.05, 3.63) is 54.1 Å². The van der Waals surface area contributed by atoms with Crippen LogP contribution in [0.25, 0.3) is 5.69 Å². The van der Waals surface area contributed by atoms with E-state index in [1.807, 2.05) is 42.5 Å². The van der Waals surface area contributed by atoms with E-state index < -0.39 is 17.9 Å². The highest BCUT2D eigenvalue weighted by atomic mass is 16.4. The summed E-state index contributed by atoms with van der Waals surface area (Å²) in [6, 6.07) is 9.27. The molecule has 4 aliphatic rings. The van der Waals surface area contributed by atoms with Crippen molar-refractivity contribution >= 4 is 11.9 Å². The molecule has 3 unspecified atom stereocenters. The van der Waals surface area contributed by atoms with E-state index in [-0.39, 0.29) is 17.6 Å². The molecule has 1 aromatic carbocycles. The Labute approximate surface area is 156 Å². The van der Waals surface area contributed by atoms with Crippen LogP contribution in [0.15, 0.2) is 42.5 Å². The quantitative estimate of drug-likeness (QED) is 0.841. The standard InChI is InChI=1S/C20H20N4O3/c25-19(23-11-12-6-9-16(23)15(10-12)20(26)27)17-21-18(13-7-8-13)24(22-17)14-4-2-1-3-5-14/h1-6,9,12-13,15-16H,7-8,10-11H2,(H,26,27). The maximum absolute atomic E-state index is 13.2. The number of carboxylic acid groups (broad SMARTS) is 1. The topological polar surface area (TPSA) is 88.3 Å². The number of piperidine rings is 1. The van der Waals surface area contributed by atoms with E-state index in [1.165, 1.54) is 0 Å². The van der Waals surface area contributed by atoms with Crippen molar-refractivity contribution in [1.82, 2.24) is 19.7 Å². The molecule has 3 heterocycles. The number of carbonyl (C=O) groups is 2. The van der Waals surface area contributed by atoms with Gasteiger partial charge in [-0.25, -0.2) is 9.67 Å². The second-order valence-electron chi connectivity index (χ2n) is 7.59. The largest absolute Gasteiger partial charge is 0.481 e. The molecule has 1 saturated carbocycles. The highest BCUT2D eigenvalue weighted by Crippen LogP contribution is 2.40. The highest BCUT2D eigenvalue weighted by Gasteiger charge is 2.44. The number of para-hydroxylation sites is 1. The first-order chi connectivity index (χ1) is 13.1. The Kier molecular flexibility index (Phi) is 3.63. The summed E-state index contributed by atoms with van der Waals surface area (Å²) in [5.74, 6) is -0.298. The van der Waals surface area contributed by atoms with Crippen LogP contribution in [0.1, 0.15) is 41.6 Å². The van der Waals surface area contributed by atoms with Crippen molar-refractivity contribution in [2.75, 3.05) is 6.54 Å². The number of carbonyl (C=O) groups excluding carboxylic acids is 1. The molecule has 2 aliphatic heterocycles. The van der Waals surface area contributed by atoms with Gasteiger partial charge >= 0.3 is 5.97 Å². The fourth-order valence-electron chi connectivity index (χ4n) is 4.15. The molecule has 6 rings (SSSR count). The van der Waals surface area contributed by atoms with Gasteiger partial charge in [0.2, 0.25) is 5.82 Å². The first-order valence-electron chi connectivity index (χ1n) is 9.36. The summed E-state index contributed by atoms with van der Waals surface area (Å²) in [7, 11) is 0. The first-order valence-corrected chi connectivity index (χ1v) is 9.36. The maximum Gasteiger partial charge on any atom is 0.308 e. The lowest BCUT2D eigenvalue weighted by Crippen LogP contribution is -2.55. The van der Waals surface area contributed by atoms with Gasteiger partial charge < -0.3 is 10.0 Å². The van der Waals surface area contributed by atoms with Gasteiger partial charge in [0.15, 0.2) is 0 Å². The first kappa shape index (κ1) is 16.2. The maximum atomic E-state index is 13.2. The zero-order valence-electron chi connectivity index (χ0n) is 14.7. The summed E-state index contributed by atoms with van der Waals surface area (Å²) in [5, 5.41) is 14.0. The average molecular weight is 364 g/mol. The fourth-order valence-corrected chi connectivity index (χ4v) is 4.15. The van der Waals surface area contributed by atoms with E-state index in [1.54, 1.807) is 9.58 Å². The van der Waals surface area contributed by atoms with Gasteiger partial charge in [-0.2, -0.15) is 0 Å². The number of aromatic nitrogens is 3. The number of aliphatic carboxylic acids is 1. The molecule has 2 aromatic rings. The molecule has 7 heteroatoms. The number of fused-ring (bicyclic) bond motifs is 2. The SMILES string of the molecule is O=C(O)C1CC2C=CC1N(C(=O)c1nc(C3CC3)n(-c3ccccc3)n1)C2. The van der Waals surface area contributed by atoms with Gasteiger partial charge in [-0.3, -0.25) is 9.59 Å². The van der Waals surface area contributed by atoms with Crippen LogP contribution in [-0.2, 0) is 4.79 Å². The molecular formula is C20H20N4O3. The Bertz CT molecular complexity index is 932. The van der Waals surface area contributed by atoms with Gasteiger partial charge in [-0.05, 0) is 37.3 Å². The minimum Gasteiger partial charge on any atom is -0.481 e. The third kappa shape index (κ3) is 2.74. The second kappa shape index (κ2) is 6.04. The molecule has 1 N–H and O–H groups in total. The van der Waals surface area contributed by atoms with Crippen molar-refractivity contribution in [2.24, 2.45) is 11.8 Å². The number of hydrogen-bond donors (Lipinski definition) is 1. The minimum atomic E-state index is -0.853. The Morgan fingerprint density at radius 1 is 1.11 bits per heavy atom.